The van der Waals surface area contributed by atoms with Crippen LogP contribution in [0.15, 0.2) is 59.7 Å². The van der Waals surface area contributed by atoms with Crippen LogP contribution in [0.2, 0.25) is 0 Å². The Balaban J connectivity index is 1.75. The van der Waals surface area contributed by atoms with E-state index in [0.29, 0.717) is 11.5 Å². The second-order valence-electron chi connectivity index (χ2n) is 6.50. The third-order valence-electron chi connectivity index (χ3n) is 4.27. The molecular weight excluding hydrogens is 340 g/mol. The van der Waals surface area contributed by atoms with Crippen LogP contribution in [-0.2, 0) is 11.3 Å². The molecule has 3 aromatic rings. The van der Waals surface area contributed by atoms with Crippen LogP contribution >= 0.6 is 0 Å². The Labute approximate surface area is 158 Å². The van der Waals surface area contributed by atoms with Crippen molar-refractivity contribution in [2.24, 2.45) is 0 Å². The maximum Gasteiger partial charge on any atom is 0.251 e. The molecule has 6 nitrogen and oxygen atoms in total. The number of nitrogens with zero attached hydrogens (tertiary/aromatic N) is 3. The summed E-state index contributed by atoms with van der Waals surface area (Å²) in [4.78, 5) is 25.8. The van der Waals surface area contributed by atoms with Crippen molar-refractivity contribution in [1.29, 1.82) is 0 Å². The first-order valence-corrected chi connectivity index (χ1v) is 8.94. The summed E-state index contributed by atoms with van der Waals surface area (Å²) in [6.07, 6.45) is 4.41. The molecule has 0 saturated heterocycles. The molecule has 0 unspecified atom stereocenters. The summed E-state index contributed by atoms with van der Waals surface area (Å²) in [5.41, 5.74) is 3.34. The molecule has 27 heavy (non-hydrogen) atoms. The van der Waals surface area contributed by atoms with E-state index < -0.39 is 0 Å². The van der Waals surface area contributed by atoms with Gasteiger partial charge < -0.3 is 14.6 Å². The van der Waals surface area contributed by atoms with Crippen LogP contribution in [0.1, 0.15) is 12.0 Å². The Morgan fingerprint density at radius 1 is 1.15 bits per heavy atom. The topological polar surface area (TPSA) is 71.1 Å². The number of aromatic amines is 1. The standard InChI is InChI=1S/C21H24N4O2/c1-25(11-4-12-27-2)15-16-6-8-17(9-7-16)21-23-19(13-20(26)24-21)18-5-3-10-22-14-18/h3,5-10,13-14H,4,11-12,15H2,1-2H3,(H,23,24,26). The van der Waals surface area contributed by atoms with Crippen molar-refractivity contribution in [3.8, 4) is 22.6 Å². The zero-order chi connectivity index (χ0) is 19.1. The predicted octanol–water partition coefficient (Wildman–Crippen LogP) is 2.97. The molecule has 0 radical (unpaired) electrons. The first-order valence-electron chi connectivity index (χ1n) is 8.94. The fourth-order valence-corrected chi connectivity index (χ4v) is 2.89. The van der Waals surface area contributed by atoms with Crippen LogP contribution in [-0.4, -0.2) is 47.2 Å². The van der Waals surface area contributed by atoms with Crippen LogP contribution in [0.5, 0.6) is 0 Å². The summed E-state index contributed by atoms with van der Waals surface area (Å²) in [5, 5.41) is 0. The van der Waals surface area contributed by atoms with E-state index in [1.807, 2.05) is 24.3 Å². The Morgan fingerprint density at radius 3 is 2.67 bits per heavy atom. The van der Waals surface area contributed by atoms with Gasteiger partial charge in [-0.1, -0.05) is 24.3 Å². The average molecular weight is 364 g/mol. The molecule has 1 aromatic carbocycles. The van der Waals surface area contributed by atoms with Gasteiger partial charge in [-0.3, -0.25) is 9.78 Å². The maximum absolute atomic E-state index is 12.1. The van der Waals surface area contributed by atoms with Crippen molar-refractivity contribution in [2.75, 3.05) is 27.3 Å². The number of methoxy groups -OCH3 is 1. The van der Waals surface area contributed by atoms with Gasteiger partial charge in [0.15, 0.2) is 0 Å². The van der Waals surface area contributed by atoms with Crippen LogP contribution in [0, 0.1) is 0 Å². The van der Waals surface area contributed by atoms with E-state index in [1.54, 1.807) is 19.5 Å². The van der Waals surface area contributed by atoms with E-state index >= 15 is 0 Å². The van der Waals surface area contributed by atoms with Crippen molar-refractivity contribution in [2.45, 2.75) is 13.0 Å². The zero-order valence-corrected chi connectivity index (χ0v) is 15.7. The van der Waals surface area contributed by atoms with E-state index in [0.717, 1.165) is 37.2 Å². The van der Waals surface area contributed by atoms with Crippen LogP contribution in [0.25, 0.3) is 22.6 Å². The molecule has 2 heterocycles. The van der Waals surface area contributed by atoms with Crippen LogP contribution in [0.4, 0.5) is 0 Å². The molecule has 0 aliphatic carbocycles. The molecule has 1 N–H and O–H groups in total. The third-order valence-corrected chi connectivity index (χ3v) is 4.27. The minimum atomic E-state index is -0.180. The molecule has 0 atom stereocenters. The number of pyridine rings is 1. The van der Waals surface area contributed by atoms with Gasteiger partial charge in [0.1, 0.15) is 5.82 Å². The van der Waals surface area contributed by atoms with Gasteiger partial charge in [-0.15, -0.1) is 0 Å². The van der Waals surface area contributed by atoms with Gasteiger partial charge in [0.05, 0.1) is 5.69 Å². The number of H-pyrrole nitrogens is 1. The summed E-state index contributed by atoms with van der Waals surface area (Å²) in [7, 11) is 3.82. The number of rotatable bonds is 8. The number of aromatic nitrogens is 3. The van der Waals surface area contributed by atoms with Gasteiger partial charge in [-0.05, 0) is 31.2 Å². The number of hydrogen-bond donors (Lipinski definition) is 1. The first kappa shape index (κ1) is 18.9. The van der Waals surface area contributed by atoms with Crippen molar-refractivity contribution in [3.05, 3.63) is 70.8 Å². The number of hydrogen-bond acceptors (Lipinski definition) is 5. The number of benzene rings is 1. The lowest BCUT2D eigenvalue weighted by Gasteiger charge is -2.16. The largest absolute Gasteiger partial charge is 0.385 e. The first-order chi connectivity index (χ1) is 13.2. The lowest BCUT2D eigenvalue weighted by molar-refractivity contribution is 0.178. The Kier molecular flexibility index (Phi) is 6.46. The SMILES string of the molecule is COCCCN(C)Cc1ccc(-c2nc(-c3cccnc3)cc(=O)[nH]2)cc1. The summed E-state index contributed by atoms with van der Waals surface area (Å²) in [6, 6.07) is 13.3. The second-order valence-corrected chi connectivity index (χ2v) is 6.50. The minimum absolute atomic E-state index is 0.180. The van der Waals surface area contributed by atoms with E-state index in [2.05, 4.69) is 39.0 Å². The van der Waals surface area contributed by atoms with Gasteiger partial charge in [-0.25, -0.2) is 4.98 Å². The van der Waals surface area contributed by atoms with Crippen molar-refractivity contribution < 1.29 is 4.74 Å². The monoisotopic (exact) mass is 364 g/mol. The van der Waals surface area contributed by atoms with Crippen molar-refractivity contribution in [1.82, 2.24) is 19.9 Å². The molecule has 3 rings (SSSR count). The highest BCUT2D eigenvalue weighted by Crippen LogP contribution is 2.19. The minimum Gasteiger partial charge on any atom is -0.385 e. The highest BCUT2D eigenvalue weighted by molar-refractivity contribution is 5.62. The van der Waals surface area contributed by atoms with Crippen molar-refractivity contribution >= 4 is 0 Å². The highest BCUT2D eigenvalue weighted by atomic mass is 16.5. The van der Waals surface area contributed by atoms with Gasteiger partial charge >= 0.3 is 0 Å². The average Bonchev–Trinajstić information content (AvgIpc) is 2.69. The normalized spacial score (nSPS) is 11.1. The molecule has 0 saturated carbocycles. The van der Waals surface area contributed by atoms with Crippen molar-refractivity contribution in [3.63, 3.8) is 0 Å². The third kappa shape index (κ3) is 5.32. The zero-order valence-electron chi connectivity index (χ0n) is 15.7. The lowest BCUT2D eigenvalue weighted by Crippen LogP contribution is -2.20. The fourth-order valence-electron chi connectivity index (χ4n) is 2.89. The fraction of sp³-hybridized carbons (Fsp3) is 0.286. The predicted molar refractivity (Wildman–Crippen MR) is 106 cm³/mol. The number of ether oxygens (including phenoxy) is 1. The number of nitrogens with one attached hydrogen (secondary N) is 1. The molecule has 6 heteroatoms. The molecule has 0 spiro atoms. The summed E-state index contributed by atoms with van der Waals surface area (Å²) in [5.74, 6) is 0.557. The van der Waals surface area contributed by atoms with Gasteiger partial charge in [0.25, 0.3) is 5.56 Å². The summed E-state index contributed by atoms with van der Waals surface area (Å²) in [6.45, 7) is 2.62. The van der Waals surface area contributed by atoms with Gasteiger partial charge in [0, 0.05) is 56.4 Å². The van der Waals surface area contributed by atoms with E-state index in [4.69, 9.17) is 4.74 Å². The highest BCUT2D eigenvalue weighted by Gasteiger charge is 2.07. The quantitative estimate of drug-likeness (QED) is 0.622. The van der Waals surface area contributed by atoms with E-state index in [-0.39, 0.29) is 5.56 Å². The van der Waals surface area contributed by atoms with Gasteiger partial charge in [-0.2, -0.15) is 0 Å². The molecule has 0 aliphatic rings. The molecular formula is C21H24N4O2. The molecule has 0 bridgehead atoms. The Hall–Kier alpha value is -2.83. The van der Waals surface area contributed by atoms with Crippen LogP contribution in [0.3, 0.4) is 0 Å². The molecule has 0 aliphatic heterocycles. The van der Waals surface area contributed by atoms with Gasteiger partial charge in [0.2, 0.25) is 0 Å². The summed E-state index contributed by atoms with van der Waals surface area (Å²) < 4.78 is 5.09. The van der Waals surface area contributed by atoms with E-state index in [1.165, 1.54) is 11.6 Å². The van der Waals surface area contributed by atoms with E-state index in [9.17, 15) is 4.79 Å². The second kappa shape index (κ2) is 9.21. The van der Waals surface area contributed by atoms with Crippen LogP contribution < -0.4 is 5.56 Å². The molecule has 0 amide bonds. The lowest BCUT2D eigenvalue weighted by atomic mass is 10.1. The molecule has 140 valence electrons. The maximum atomic E-state index is 12.1. The summed E-state index contributed by atoms with van der Waals surface area (Å²) >= 11 is 0. The smallest absolute Gasteiger partial charge is 0.251 e. The Morgan fingerprint density at radius 2 is 1.96 bits per heavy atom. The molecule has 0 fully saturated rings. The molecule has 2 aromatic heterocycles. The Bertz CT molecular complexity index is 907.